The molecule has 178 valence electrons. The van der Waals surface area contributed by atoms with E-state index in [1.54, 1.807) is 24.3 Å². The predicted octanol–water partition coefficient (Wildman–Crippen LogP) is 4.65. The highest BCUT2D eigenvalue weighted by Gasteiger charge is 2.36. The number of rotatable bonds is 7. The van der Waals surface area contributed by atoms with E-state index >= 15 is 0 Å². The molecule has 0 aliphatic carbocycles. The quantitative estimate of drug-likeness (QED) is 0.360. The summed E-state index contributed by atoms with van der Waals surface area (Å²) in [7, 11) is 2.58. The molecular weight excluding hydrogens is 456 g/mol. The van der Waals surface area contributed by atoms with Gasteiger partial charge in [0.2, 0.25) is 5.91 Å². The molecule has 0 aliphatic heterocycles. The van der Waals surface area contributed by atoms with E-state index in [1.165, 1.54) is 7.11 Å². The van der Waals surface area contributed by atoms with E-state index in [1.807, 2.05) is 0 Å². The number of amides is 1. The maximum absolute atomic E-state index is 13.0. The third-order valence-electron chi connectivity index (χ3n) is 4.44. The van der Waals surface area contributed by atoms with Crippen molar-refractivity contribution in [1.29, 1.82) is 0 Å². The summed E-state index contributed by atoms with van der Waals surface area (Å²) in [5, 5.41) is 2.33. The number of alkyl halides is 6. The van der Waals surface area contributed by atoms with Crippen molar-refractivity contribution in [2.24, 2.45) is 0 Å². The number of carbonyl (C=O) groups is 2. The molecule has 0 saturated heterocycles. The number of carbonyl (C=O) groups excluding carboxylic acids is 2. The third-order valence-corrected chi connectivity index (χ3v) is 4.44. The first-order valence-corrected chi connectivity index (χ1v) is 9.32. The molecule has 1 N–H and O–H groups in total. The van der Waals surface area contributed by atoms with Gasteiger partial charge in [0.1, 0.15) is 11.8 Å². The molecule has 5 nitrogen and oxygen atoms in total. The predicted molar refractivity (Wildman–Crippen MR) is 106 cm³/mol. The molecule has 11 heteroatoms. The lowest BCUT2D eigenvalue weighted by Gasteiger charge is -2.16. The topological polar surface area (TPSA) is 64.6 Å². The Morgan fingerprint density at radius 2 is 1.48 bits per heavy atom. The first-order valence-electron chi connectivity index (χ1n) is 9.32. The fourth-order valence-corrected chi connectivity index (χ4v) is 2.80. The first kappa shape index (κ1) is 25.8. The Kier molecular flexibility index (Phi) is 8.13. The summed E-state index contributed by atoms with van der Waals surface area (Å²) in [6.45, 7) is 0. The average Bonchev–Trinajstić information content (AvgIpc) is 2.75. The Balaban J connectivity index is 2.22. The largest absolute Gasteiger partial charge is 0.497 e. The highest BCUT2D eigenvalue weighted by molar-refractivity contribution is 5.94. The lowest BCUT2D eigenvalue weighted by atomic mass is 10.0. The maximum Gasteiger partial charge on any atom is 0.416 e. The zero-order valence-electron chi connectivity index (χ0n) is 17.4. The van der Waals surface area contributed by atoms with Crippen LogP contribution in [0.1, 0.15) is 22.3 Å². The van der Waals surface area contributed by atoms with Gasteiger partial charge in [-0.05, 0) is 47.5 Å². The minimum Gasteiger partial charge on any atom is -0.497 e. The lowest BCUT2D eigenvalue weighted by molar-refractivity contribution is -0.145. The fraction of sp³-hybridized carbons (Fsp3) is 0.273. The van der Waals surface area contributed by atoms with Crippen LogP contribution in [0.3, 0.4) is 0 Å². The average molecular weight is 475 g/mol. The Morgan fingerprint density at radius 3 is 1.94 bits per heavy atom. The van der Waals surface area contributed by atoms with E-state index in [0.29, 0.717) is 23.4 Å². The number of halogens is 6. The molecule has 0 bridgehead atoms. The van der Waals surface area contributed by atoms with E-state index in [2.05, 4.69) is 10.1 Å². The molecule has 0 heterocycles. The molecule has 1 amide bonds. The van der Waals surface area contributed by atoms with Crippen LogP contribution >= 0.6 is 0 Å². The van der Waals surface area contributed by atoms with Crippen molar-refractivity contribution >= 4 is 18.0 Å². The SMILES string of the molecule is COC(=O)[C@H](Cc1ccc(OC)cc1)NC(=O)C=Cc1cc(C(F)(F)F)cc(C(F)(F)F)c1. The van der Waals surface area contributed by atoms with E-state index < -0.39 is 47.0 Å². The van der Waals surface area contributed by atoms with Crippen LogP contribution in [0, 0.1) is 0 Å². The number of hydrogen-bond donors (Lipinski definition) is 1. The van der Waals surface area contributed by atoms with Gasteiger partial charge in [-0.1, -0.05) is 12.1 Å². The van der Waals surface area contributed by atoms with Crippen LogP contribution in [0.5, 0.6) is 5.75 Å². The van der Waals surface area contributed by atoms with Gasteiger partial charge in [0.25, 0.3) is 0 Å². The molecule has 0 aromatic heterocycles. The van der Waals surface area contributed by atoms with Gasteiger partial charge in [-0.25, -0.2) is 4.79 Å². The number of nitrogens with one attached hydrogen (secondary N) is 1. The Hall–Kier alpha value is -3.50. The van der Waals surface area contributed by atoms with Gasteiger partial charge >= 0.3 is 18.3 Å². The molecule has 0 saturated carbocycles. The minimum absolute atomic E-state index is 0.0143. The second-order valence-corrected chi connectivity index (χ2v) is 6.81. The van der Waals surface area contributed by atoms with Crippen molar-refractivity contribution in [3.8, 4) is 5.75 Å². The van der Waals surface area contributed by atoms with Crippen molar-refractivity contribution in [3.05, 3.63) is 70.8 Å². The van der Waals surface area contributed by atoms with Crippen LogP contribution in [0.25, 0.3) is 6.08 Å². The van der Waals surface area contributed by atoms with Crippen molar-refractivity contribution in [2.45, 2.75) is 24.8 Å². The molecular formula is C22H19F6NO4. The number of esters is 1. The summed E-state index contributed by atoms with van der Waals surface area (Å²) >= 11 is 0. The van der Waals surface area contributed by atoms with Crippen LogP contribution in [-0.2, 0) is 33.1 Å². The van der Waals surface area contributed by atoms with Gasteiger partial charge in [0.05, 0.1) is 25.3 Å². The van der Waals surface area contributed by atoms with E-state index in [-0.39, 0.29) is 12.5 Å². The summed E-state index contributed by atoms with van der Waals surface area (Å²) in [4.78, 5) is 24.3. The summed E-state index contributed by atoms with van der Waals surface area (Å²) < 4.78 is 87.4. The third kappa shape index (κ3) is 7.55. The van der Waals surface area contributed by atoms with Crippen LogP contribution < -0.4 is 10.1 Å². The number of methoxy groups -OCH3 is 2. The summed E-state index contributed by atoms with van der Waals surface area (Å²) in [5.74, 6) is -1.13. The van der Waals surface area contributed by atoms with Gasteiger partial charge in [0.15, 0.2) is 0 Å². The van der Waals surface area contributed by atoms with Crippen molar-refractivity contribution < 1.29 is 45.4 Å². The molecule has 2 rings (SSSR count). The van der Waals surface area contributed by atoms with E-state index in [0.717, 1.165) is 19.3 Å². The zero-order chi connectivity index (χ0) is 24.8. The van der Waals surface area contributed by atoms with E-state index in [9.17, 15) is 35.9 Å². The molecule has 0 aliphatic rings. The van der Waals surface area contributed by atoms with E-state index in [4.69, 9.17) is 4.74 Å². The Labute approximate surface area is 185 Å². The molecule has 1 atom stereocenters. The first-order chi connectivity index (χ1) is 15.3. The van der Waals surface area contributed by atoms with Crippen molar-refractivity contribution in [1.82, 2.24) is 5.32 Å². The van der Waals surface area contributed by atoms with Gasteiger partial charge in [-0.3, -0.25) is 4.79 Å². The fourth-order valence-electron chi connectivity index (χ4n) is 2.80. The van der Waals surface area contributed by atoms with Gasteiger partial charge in [-0.15, -0.1) is 0 Å². The number of hydrogen-bond acceptors (Lipinski definition) is 4. The van der Waals surface area contributed by atoms with Gasteiger partial charge < -0.3 is 14.8 Å². The normalized spacial score (nSPS) is 13.0. The number of ether oxygens (including phenoxy) is 2. The second-order valence-electron chi connectivity index (χ2n) is 6.81. The summed E-state index contributed by atoms with van der Waals surface area (Å²) in [6.07, 6.45) is -8.47. The molecule has 0 unspecified atom stereocenters. The maximum atomic E-state index is 13.0. The molecule has 0 fully saturated rings. The highest BCUT2D eigenvalue weighted by Crippen LogP contribution is 2.36. The van der Waals surface area contributed by atoms with Crippen LogP contribution in [0.15, 0.2) is 48.5 Å². The molecule has 2 aromatic rings. The molecule has 2 aromatic carbocycles. The second kappa shape index (κ2) is 10.4. The Morgan fingerprint density at radius 1 is 0.939 bits per heavy atom. The van der Waals surface area contributed by atoms with Crippen LogP contribution in [0.4, 0.5) is 26.3 Å². The monoisotopic (exact) mass is 475 g/mol. The van der Waals surface area contributed by atoms with Crippen LogP contribution in [-0.4, -0.2) is 32.1 Å². The minimum atomic E-state index is -5.01. The van der Waals surface area contributed by atoms with Gasteiger partial charge in [-0.2, -0.15) is 26.3 Å². The summed E-state index contributed by atoms with van der Waals surface area (Å²) in [5.41, 5.74) is -2.87. The zero-order valence-corrected chi connectivity index (χ0v) is 17.4. The lowest BCUT2D eigenvalue weighted by Crippen LogP contribution is -2.42. The smallest absolute Gasteiger partial charge is 0.416 e. The van der Waals surface area contributed by atoms with Crippen molar-refractivity contribution in [3.63, 3.8) is 0 Å². The van der Waals surface area contributed by atoms with Gasteiger partial charge in [0, 0.05) is 12.5 Å². The highest BCUT2D eigenvalue weighted by atomic mass is 19.4. The Bertz CT molecular complexity index is 981. The van der Waals surface area contributed by atoms with Crippen molar-refractivity contribution in [2.75, 3.05) is 14.2 Å². The molecule has 33 heavy (non-hydrogen) atoms. The number of benzene rings is 2. The summed E-state index contributed by atoms with van der Waals surface area (Å²) in [6, 6.07) is 6.37. The van der Waals surface area contributed by atoms with Crippen LogP contribution in [0.2, 0.25) is 0 Å². The standard InChI is InChI=1S/C22H19F6NO4/c1-32-17-6-3-13(4-7-17)11-18(20(31)33-2)29-19(30)8-5-14-9-15(21(23,24)25)12-16(10-14)22(26,27)28/h3-10,12,18H,11H2,1-2H3,(H,29,30)/t18-/m0/s1. The molecule has 0 radical (unpaired) electrons. The molecule has 0 spiro atoms.